The molecular formula is C23H28ClN3O3. The number of ether oxygens (including phenoxy) is 1. The first-order valence-electron chi connectivity index (χ1n) is 10.3. The van der Waals surface area contributed by atoms with Crippen molar-refractivity contribution in [3.63, 3.8) is 0 Å². The molecule has 0 spiro atoms. The van der Waals surface area contributed by atoms with E-state index in [4.69, 9.17) is 16.3 Å². The predicted molar refractivity (Wildman–Crippen MR) is 119 cm³/mol. The summed E-state index contributed by atoms with van der Waals surface area (Å²) in [4.78, 5) is 26.8. The number of nitrogens with zero attached hydrogens (tertiary/aromatic N) is 1. The Morgan fingerprint density at radius 2 is 1.83 bits per heavy atom. The second-order valence-electron chi connectivity index (χ2n) is 7.69. The molecule has 0 unspecified atom stereocenters. The van der Waals surface area contributed by atoms with E-state index in [2.05, 4.69) is 17.6 Å². The molecule has 3 rings (SSSR count). The lowest BCUT2D eigenvalue weighted by Gasteiger charge is -2.30. The average Bonchev–Trinajstić information content (AvgIpc) is 2.74. The lowest BCUT2D eigenvalue weighted by atomic mass is 9.98. The highest BCUT2D eigenvalue weighted by molar-refractivity contribution is 6.30. The van der Waals surface area contributed by atoms with Crippen LogP contribution < -0.4 is 15.4 Å². The molecule has 2 aromatic carbocycles. The molecule has 1 aliphatic heterocycles. The zero-order valence-corrected chi connectivity index (χ0v) is 18.2. The molecule has 0 aromatic heterocycles. The number of piperidine rings is 1. The number of carbonyl (C=O) groups excluding carboxylic acids is 2. The number of nitrogens with one attached hydrogen (secondary N) is 2. The Bertz CT molecular complexity index is 878. The maximum Gasteiger partial charge on any atom is 0.319 e. The van der Waals surface area contributed by atoms with E-state index in [1.54, 1.807) is 36.4 Å². The molecule has 3 amide bonds. The van der Waals surface area contributed by atoms with Gasteiger partial charge in [-0.1, -0.05) is 18.5 Å². The Kier molecular flexibility index (Phi) is 7.57. The second kappa shape index (κ2) is 10.3. The lowest BCUT2D eigenvalue weighted by molar-refractivity contribution is 0.0697. The van der Waals surface area contributed by atoms with Gasteiger partial charge in [0.15, 0.2) is 0 Å². The van der Waals surface area contributed by atoms with E-state index < -0.39 is 0 Å². The molecule has 2 N–H and O–H groups in total. The van der Waals surface area contributed by atoms with E-state index in [1.807, 2.05) is 17.9 Å². The summed E-state index contributed by atoms with van der Waals surface area (Å²) in [5.74, 6) is 1.43. The number of amides is 3. The largest absolute Gasteiger partial charge is 0.492 e. The van der Waals surface area contributed by atoms with Crippen LogP contribution in [-0.2, 0) is 0 Å². The van der Waals surface area contributed by atoms with E-state index >= 15 is 0 Å². The Morgan fingerprint density at radius 3 is 2.50 bits per heavy atom. The molecule has 0 bridgehead atoms. The average molecular weight is 430 g/mol. The second-order valence-corrected chi connectivity index (χ2v) is 8.12. The zero-order valence-electron chi connectivity index (χ0n) is 17.4. The minimum atomic E-state index is -0.318. The number of hydrogen-bond donors (Lipinski definition) is 2. The van der Waals surface area contributed by atoms with Gasteiger partial charge in [0.25, 0.3) is 5.91 Å². The summed E-state index contributed by atoms with van der Waals surface area (Å²) >= 11 is 5.83. The summed E-state index contributed by atoms with van der Waals surface area (Å²) in [5.41, 5.74) is 2.18. The van der Waals surface area contributed by atoms with Crippen LogP contribution >= 0.6 is 11.6 Å². The highest BCUT2D eigenvalue weighted by Gasteiger charge is 2.21. The van der Waals surface area contributed by atoms with E-state index in [0.717, 1.165) is 31.5 Å². The third-order valence-corrected chi connectivity index (χ3v) is 5.51. The fraction of sp³-hybridized carbons (Fsp3) is 0.391. The summed E-state index contributed by atoms with van der Waals surface area (Å²) in [5, 5.41) is 6.22. The van der Waals surface area contributed by atoms with Crippen LogP contribution in [0.3, 0.4) is 0 Å². The molecule has 0 atom stereocenters. The van der Waals surface area contributed by atoms with Gasteiger partial charge in [-0.05, 0) is 73.7 Å². The lowest BCUT2D eigenvalue weighted by Crippen LogP contribution is -2.38. The van der Waals surface area contributed by atoms with E-state index in [-0.39, 0.29) is 11.9 Å². The molecule has 1 heterocycles. The maximum atomic E-state index is 12.7. The highest BCUT2D eigenvalue weighted by atomic mass is 35.5. The van der Waals surface area contributed by atoms with Crippen LogP contribution in [0.25, 0.3) is 0 Å². The summed E-state index contributed by atoms with van der Waals surface area (Å²) in [6.07, 6.45) is 2.10. The Labute approximate surface area is 182 Å². The van der Waals surface area contributed by atoms with Crippen LogP contribution in [0.1, 0.15) is 35.7 Å². The summed E-state index contributed by atoms with van der Waals surface area (Å²) in [6.45, 7) is 6.42. The highest BCUT2D eigenvalue weighted by Crippen LogP contribution is 2.21. The number of rotatable bonds is 6. The number of benzene rings is 2. The zero-order chi connectivity index (χ0) is 21.5. The molecule has 6 nitrogen and oxygen atoms in total. The normalized spacial score (nSPS) is 14.3. The molecule has 1 saturated heterocycles. The number of urea groups is 1. The van der Waals surface area contributed by atoms with Crippen molar-refractivity contribution < 1.29 is 14.3 Å². The molecule has 30 heavy (non-hydrogen) atoms. The Morgan fingerprint density at radius 1 is 1.13 bits per heavy atom. The first-order valence-corrected chi connectivity index (χ1v) is 10.6. The topological polar surface area (TPSA) is 70.7 Å². The van der Waals surface area contributed by atoms with Crippen molar-refractivity contribution in [1.29, 1.82) is 0 Å². The summed E-state index contributed by atoms with van der Waals surface area (Å²) in [7, 11) is 0. The maximum absolute atomic E-state index is 12.7. The first-order chi connectivity index (χ1) is 14.4. The fourth-order valence-corrected chi connectivity index (χ4v) is 3.49. The van der Waals surface area contributed by atoms with Crippen LogP contribution in [0.2, 0.25) is 5.02 Å². The molecular weight excluding hydrogens is 402 g/mol. The monoisotopic (exact) mass is 429 g/mol. The molecule has 1 aliphatic rings. The van der Waals surface area contributed by atoms with Crippen molar-refractivity contribution in [2.75, 3.05) is 31.6 Å². The van der Waals surface area contributed by atoms with Crippen molar-refractivity contribution in [2.24, 2.45) is 5.92 Å². The molecule has 0 aliphatic carbocycles. The molecule has 160 valence electrons. The fourth-order valence-electron chi connectivity index (χ4n) is 3.36. The molecule has 2 aromatic rings. The Hall–Kier alpha value is -2.73. The van der Waals surface area contributed by atoms with Crippen LogP contribution in [0.15, 0.2) is 42.5 Å². The molecule has 0 saturated carbocycles. The quantitative estimate of drug-likeness (QED) is 0.652. The minimum Gasteiger partial charge on any atom is -0.492 e. The van der Waals surface area contributed by atoms with E-state index in [9.17, 15) is 9.59 Å². The van der Waals surface area contributed by atoms with Crippen molar-refractivity contribution in [1.82, 2.24) is 10.2 Å². The smallest absolute Gasteiger partial charge is 0.319 e. The third-order valence-electron chi connectivity index (χ3n) is 5.26. The van der Waals surface area contributed by atoms with Gasteiger partial charge in [-0.3, -0.25) is 4.79 Å². The number of likely N-dealkylation sites (tertiary alicyclic amines) is 1. The van der Waals surface area contributed by atoms with Gasteiger partial charge in [0, 0.05) is 29.4 Å². The van der Waals surface area contributed by atoms with E-state index in [1.165, 1.54) is 0 Å². The minimum absolute atomic E-state index is 0.0559. The van der Waals surface area contributed by atoms with Crippen LogP contribution in [0.5, 0.6) is 5.75 Å². The van der Waals surface area contributed by atoms with Gasteiger partial charge in [-0.2, -0.15) is 0 Å². The van der Waals surface area contributed by atoms with Crippen molar-refractivity contribution >= 4 is 29.2 Å². The van der Waals surface area contributed by atoms with Gasteiger partial charge >= 0.3 is 6.03 Å². The predicted octanol–water partition coefficient (Wildman–Crippen LogP) is 4.72. The van der Waals surface area contributed by atoms with E-state index in [0.29, 0.717) is 41.1 Å². The van der Waals surface area contributed by atoms with Gasteiger partial charge in [0.05, 0.1) is 6.54 Å². The number of halogens is 1. The number of anilines is 1. The molecule has 0 radical (unpaired) electrons. The standard InChI is InChI=1S/C23H28ClN3O3/c1-16-9-12-27(13-10-16)22(28)18-3-8-21(17(2)15-18)26-23(29)25-11-14-30-20-6-4-19(24)5-7-20/h3-8,15-16H,9-14H2,1-2H3,(H2,25,26,29). The first kappa shape index (κ1) is 22.0. The third kappa shape index (κ3) is 6.13. The van der Waals surface area contributed by atoms with Gasteiger partial charge < -0.3 is 20.3 Å². The molecule has 7 heteroatoms. The van der Waals surface area contributed by atoms with Crippen molar-refractivity contribution in [3.05, 3.63) is 58.6 Å². The van der Waals surface area contributed by atoms with Gasteiger partial charge in [0.1, 0.15) is 12.4 Å². The van der Waals surface area contributed by atoms with Crippen LogP contribution in [0, 0.1) is 12.8 Å². The van der Waals surface area contributed by atoms with Gasteiger partial charge in [-0.15, -0.1) is 0 Å². The van der Waals surface area contributed by atoms with Crippen LogP contribution in [0.4, 0.5) is 10.5 Å². The van der Waals surface area contributed by atoms with Gasteiger partial charge in [-0.25, -0.2) is 4.79 Å². The summed E-state index contributed by atoms with van der Waals surface area (Å²) < 4.78 is 5.55. The molecule has 1 fully saturated rings. The number of aryl methyl sites for hydroxylation is 1. The van der Waals surface area contributed by atoms with Crippen molar-refractivity contribution in [2.45, 2.75) is 26.7 Å². The van der Waals surface area contributed by atoms with Gasteiger partial charge in [0.2, 0.25) is 0 Å². The number of hydrogen-bond acceptors (Lipinski definition) is 3. The summed E-state index contributed by atoms with van der Waals surface area (Å²) in [6, 6.07) is 12.1. The SMILES string of the molecule is Cc1cc(C(=O)N2CCC(C)CC2)ccc1NC(=O)NCCOc1ccc(Cl)cc1. The Balaban J connectivity index is 1.46. The van der Waals surface area contributed by atoms with Crippen LogP contribution in [-0.4, -0.2) is 43.1 Å². The number of carbonyl (C=O) groups is 2. The van der Waals surface area contributed by atoms with Crippen molar-refractivity contribution in [3.8, 4) is 5.75 Å².